The summed E-state index contributed by atoms with van der Waals surface area (Å²) in [6, 6.07) is 1.56. The highest BCUT2D eigenvalue weighted by Crippen LogP contribution is 2.39. The zero-order chi connectivity index (χ0) is 18.8. The van der Waals surface area contributed by atoms with Gasteiger partial charge in [0.1, 0.15) is 17.1 Å². The molecule has 0 fully saturated rings. The van der Waals surface area contributed by atoms with E-state index in [4.69, 9.17) is 10.8 Å². The van der Waals surface area contributed by atoms with Crippen LogP contribution >= 0.6 is 0 Å². The fourth-order valence-electron chi connectivity index (χ4n) is 3.48. The molecule has 0 saturated carbocycles. The summed E-state index contributed by atoms with van der Waals surface area (Å²) in [6.07, 6.45) is 3.06. The second kappa shape index (κ2) is 7.26. The fraction of sp³-hybridized carbons (Fsp3) is 0.588. The molecule has 2 rings (SSSR count). The number of carboxylic acids is 2. The van der Waals surface area contributed by atoms with Crippen LogP contribution in [0.3, 0.4) is 0 Å². The molecule has 0 aromatic carbocycles. The van der Waals surface area contributed by atoms with Gasteiger partial charge >= 0.3 is 11.9 Å². The van der Waals surface area contributed by atoms with Gasteiger partial charge in [0.25, 0.3) is 0 Å². The normalized spacial score (nSPS) is 19.9. The molecule has 1 atom stereocenters. The lowest BCUT2D eigenvalue weighted by atomic mass is 9.84. The Bertz CT molecular complexity index is 706. The van der Waals surface area contributed by atoms with Crippen molar-refractivity contribution >= 4 is 11.9 Å². The zero-order valence-electron chi connectivity index (χ0n) is 14.9. The van der Waals surface area contributed by atoms with Crippen molar-refractivity contribution in [2.75, 3.05) is 6.54 Å². The highest BCUT2D eigenvalue weighted by Gasteiger charge is 2.46. The molecule has 2 heterocycles. The molecule has 8 heteroatoms. The number of aromatic nitrogens is 2. The quantitative estimate of drug-likeness (QED) is 0.580. The van der Waals surface area contributed by atoms with Crippen molar-refractivity contribution in [3.63, 3.8) is 0 Å². The number of unbranched alkanes of at least 4 members (excludes halogenated alkanes) is 2. The Labute approximate surface area is 146 Å². The van der Waals surface area contributed by atoms with E-state index in [2.05, 4.69) is 5.10 Å². The molecular formula is C17H26N4O4. The monoisotopic (exact) mass is 350 g/mol. The summed E-state index contributed by atoms with van der Waals surface area (Å²) >= 11 is 0. The molecule has 0 bridgehead atoms. The maximum absolute atomic E-state index is 11.4. The number of hydrogen-bond acceptors (Lipinski definition) is 5. The van der Waals surface area contributed by atoms with Gasteiger partial charge in [-0.3, -0.25) is 4.68 Å². The van der Waals surface area contributed by atoms with Crippen LogP contribution < -0.4 is 5.73 Å². The number of carbonyl (C=O) groups is 2. The van der Waals surface area contributed by atoms with E-state index in [1.807, 2.05) is 13.8 Å². The Kier molecular flexibility index (Phi) is 5.52. The minimum Gasteiger partial charge on any atom is -0.477 e. The third kappa shape index (κ3) is 3.68. The first-order valence-corrected chi connectivity index (χ1v) is 8.51. The number of nitrogens with zero attached hydrogens (tertiary/aromatic N) is 3. The molecule has 138 valence electrons. The van der Waals surface area contributed by atoms with Crippen molar-refractivity contribution in [2.45, 2.75) is 58.7 Å². The molecule has 1 aromatic heterocycles. The number of nitrogens with two attached hydrogens (primary N) is 1. The lowest BCUT2D eigenvalue weighted by Gasteiger charge is -2.51. The minimum absolute atomic E-state index is 0.195. The van der Waals surface area contributed by atoms with Crippen LogP contribution in [0.4, 0.5) is 0 Å². The van der Waals surface area contributed by atoms with E-state index in [1.54, 1.807) is 17.9 Å². The maximum atomic E-state index is 11.4. The van der Waals surface area contributed by atoms with Crippen LogP contribution in [0.5, 0.6) is 0 Å². The van der Waals surface area contributed by atoms with E-state index in [0.29, 0.717) is 30.9 Å². The van der Waals surface area contributed by atoms with Gasteiger partial charge in [-0.25, -0.2) is 9.59 Å². The summed E-state index contributed by atoms with van der Waals surface area (Å²) in [5, 5.41) is 22.7. The summed E-state index contributed by atoms with van der Waals surface area (Å²) in [7, 11) is 0. The van der Waals surface area contributed by atoms with E-state index in [0.717, 1.165) is 24.8 Å². The number of aryl methyl sites for hydroxylation is 2. The first kappa shape index (κ1) is 19.0. The van der Waals surface area contributed by atoms with Crippen LogP contribution in [-0.4, -0.2) is 49.0 Å². The van der Waals surface area contributed by atoms with Gasteiger partial charge in [-0.05, 0) is 46.1 Å². The molecule has 0 spiro atoms. The summed E-state index contributed by atoms with van der Waals surface area (Å²) in [5.41, 5.74) is 7.52. The smallest absolute Gasteiger partial charge is 0.354 e. The molecule has 0 amide bonds. The lowest BCUT2D eigenvalue weighted by Crippen LogP contribution is -2.64. The topological polar surface area (TPSA) is 122 Å². The Hall–Kier alpha value is -2.35. The van der Waals surface area contributed by atoms with Gasteiger partial charge in [-0.2, -0.15) is 5.10 Å². The second-order valence-electron chi connectivity index (χ2n) is 6.53. The molecule has 0 unspecified atom stereocenters. The Morgan fingerprint density at radius 1 is 1.24 bits per heavy atom. The Balaban J connectivity index is 1.88. The molecule has 0 aliphatic carbocycles. The molecule has 8 nitrogen and oxygen atoms in total. The van der Waals surface area contributed by atoms with Crippen molar-refractivity contribution in [1.82, 2.24) is 14.7 Å². The highest BCUT2D eigenvalue weighted by atomic mass is 16.4. The van der Waals surface area contributed by atoms with Gasteiger partial charge in [0.15, 0.2) is 0 Å². The highest BCUT2D eigenvalue weighted by molar-refractivity contribution is 5.90. The van der Waals surface area contributed by atoms with Crippen molar-refractivity contribution in [3.8, 4) is 0 Å². The van der Waals surface area contributed by atoms with Gasteiger partial charge in [0.2, 0.25) is 0 Å². The predicted octanol–water partition coefficient (Wildman–Crippen LogP) is 1.80. The summed E-state index contributed by atoms with van der Waals surface area (Å²) < 4.78 is 1.51. The molecular weight excluding hydrogens is 324 g/mol. The van der Waals surface area contributed by atoms with E-state index in [-0.39, 0.29) is 5.69 Å². The molecule has 1 aromatic rings. The minimum atomic E-state index is -0.982. The number of aromatic carboxylic acids is 1. The van der Waals surface area contributed by atoms with Gasteiger partial charge in [-0.15, -0.1) is 0 Å². The number of rotatable bonds is 9. The second-order valence-corrected chi connectivity index (χ2v) is 6.53. The molecule has 4 N–H and O–H groups in total. The number of aliphatic carboxylic acids is 1. The molecule has 1 aliphatic rings. The predicted molar refractivity (Wildman–Crippen MR) is 92.0 cm³/mol. The number of likely N-dealkylation sites (N-methyl/N-ethyl adjacent to an activating group) is 1. The third-order valence-electron chi connectivity index (χ3n) is 4.66. The van der Waals surface area contributed by atoms with E-state index in [9.17, 15) is 14.7 Å². The van der Waals surface area contributed by atoms with E-state index >= 15 is 0 Å². The SMILES string of the molecule is CCN1C(C(=O)O)=C(CCCCCn2nc(C)cc2C(=O)O)[C@]1(C)N. The largest absolute Gasteiger partial charge is 0.477 e. The fourth-order valence-corrected chi connectivity index (χ4v) is 3.48. The van der Waals surface area contributed by atoms with Crippen molar-refractivity contribution in [1.29, 1.82) is 0 Å². The zero-order valence-corrected chi connectivity index (χ0v) is 14.9. The maximum Gasteiger partial charge on any atom is 0.354 e. The lowest BCUT2D eigenvalue weighted by molar-refractivity contribution is -0.137. The molecule has 0 saturated heterocycles. The third-order valence-corrected chi connectivity index (χ3v) is 4.66. The number of carboxylic acid groups (broad SMARTS) is 2. The molecule has 25 heavy (non-hydrogen) atoms. The van der Waals surface area contributed by atoms with E-state index in [1.165, 1.54) is 4.68 Å². The summed E-state index contributed by atoms with van der Waals surface area (Å²) in [5.74, 6) is -1.91. The van der Waals surface area contributed by atoms with E-state index < -0.39 is 17.6 Å². The summed E-state index contributed by atoms with van der Waals surface area (Å²) in [4.78, 5) is 24.3. The Morgan fingerprint density at radius 3 is 2.48 bits per heavy atom. The van der Waals surface area contributed by atoms with Gasteiger partial charge < -0.3 is 20.8 Å². The van der Waals surface area contributed by atoms with Crippen molar-refractivity contribution < 1.29 is 19.8 Å². The van der Waals surface area contributed by atoms with Crippen molar-refractivity contribution in [2.24, 2.45) is 5.73 Å². The summed E-state index contributed by atoms with van der Waals surface area (Å²) in [6.45, 7) is 6.58. The van der Waals surface area contributed by atoms with Gasteiger partial charge in [0, 0.05) is 18.7 Å². The first-order chi connectivity index (χ1) is 11.7. The van der Waals surface area contributed by atoms with Gasteiger partial charge in [0.05, 0.1) is 5.69 Å². The number of hydrogen-bond donors (Lipinski definition) is 3. The van der Waals surface area contributed by atoms with Gasteiger partial charge in [-0.1, -0.05) is 6.42 Å². The Morgan fingerprint density at radius 2 is 1.92 bits per heavy atom. The van der Waals surface area contributed by atoms with Crippen LogP contribution in [0.15, 0.2) is 17.3 Å². The first-order valence-electron chi connectivity index (χ1n) is 8.51. The van der Waals surface area contributed by atoms with Crippen molar-refractivity contribution in [3.05, 3.63) is 28.7 Å². The van der Waals surface area contributed by atoms with Crippen LogP contribution in [-0.2, 0) is 11.3 Å². The average molecular weight is 350 g/mol. The molecule has 0 radical (unpaired) electrons. The molecule has 1 aliphatic heterocycles. The van der Waals surface area contributed by atoms with Crippen LogP contribution in [0.25, 0.3) is 0 Å². The standard InChI is InChI=1S/C17H26N4O4/c1-4-20-14(16(24)25)12(17(20,3)18)8-6-5-7-9-21-13(15(22)23)10-11(2)19-21/h10H,4-9,18H2,1-3H3,(H,22,23)(H,24,25)/t17-/m1/s1. The van der Waals surface area contributed by atoms with Crippen LogP contribution in [0, 0.1) is 6.92 Å². The van der Waals surface area contributed by atoms with Crippen LogP contribution in [0.1, 0.15) is 55.7 Å². The van der Waals surface area contributed by atoms with Crippen LogP contribution in [0.2, 0.25) is 0 Å². The average Bonchev–Trinajstić information content (AvgIpc) is 2.89.